The van der Waals surface area contributed by atoms with Crippen LogP contribution in [0, 0.1) is 0 Å². The Bertz CT molecular complexity index is 441. The summed E-state index contributed by atoms with van der Waals surface area (Å²) >= 11 is 3.27. The maximum Gasteiger partial charge on any atom is 0.387 e. The fraction of sp³-hybridized carbons (Fsp3) is 0.417. The molecular weight excluding hydrogens is 320 g/mol. The minimum Gasteiger partial charge on any atom is -0.434 e. The third-order valence-electron chi connectivity index (χ3n) is 2.21. The zero-order valence-electron chi connectivity index (χ0n) is 10.5. The standard InChI is InChI=1S/C12H16BrF2N3O/c1-2-5-17-12(16)18-7-8-6-9(13)3-4-10(8)19-11(14)15/h3-4,6,11H,2,5,7H2,1H3,(H3,16,17,18). The molecule has 0 bridgehead atoms. The second-order valence-corrected chi connectivity index (χ2v) is 4.67. The van der Waals surface area contributed by atoms with E-state index in [0.717, 1.165) is 10.9 Å². The molecule has 0 amide bonds. The molecule has 0 spiro atoms. The average Bonchev–Trinajstić information content (AvgIpc) is 2.36. The summed E-state index contributed by atoms with van der Waals surface area (Å²) in [6.07, 6.45) is 0.923. The van der Waals surface area contributed by atoms with E-state index in [4.69, 9.17) is 5.73 Å². The van der Waals surface area contributed by atoms with Crippen LogP contribution >= 0.6 is 15.9 Å². The molecule has 0 unspecified atom stereocenters. The zero-order valence-corrected chi connectivity index (χ0v) is 12.1. The summed E-state index contributed by atoms with van der Waals surface area (Å²) in [5.74, 6) is 0.384. The Morgan fingerprint density at radius 2 is 2.26 bits per heavy atom. The molecule has 1 rings (SSSR count). The monoisotopic (exact) mass is 335 g/mol. The highest BCUT2D eigenvalue weighted by Crippen LogP contribution is 2.25. The Balaban J connectivity index is 2.77. The Labute approximate surface area is 119 Å². The molecule has 0 fully saturated rings. The molecule has 0 saturated carbocycles. The number of halogens is 3. The maximum absolute atomic E-state index is 12.3. The minimum absolute atomic E-state index is 0.102. The van der Waals surface area contributed by atoms with Crippen molar-refractivity contribution in [3.8, 4) is 5.75 Å². The van der Waals surface area contributed by atoms with E-state index < -0.39 is 6.61 Å². The van der Waals surface area contributed by atoms with Crippen LogP contribution in [0.3, 0.4) is 0 Å². The molecule has 1 aromatic rings. The molecule has 0 aliphatic heterocycles. The molecule has 106 valence electrons. The van der Waals surface area contributed by atoms with Gasteiger partial charge < -0.3 is 15.8 Å². The van der Waals surface area contributed by atoms with Crippen LogP contribution in [0.1, 0.15) is 18.9 Å². The fourth-order valence-corrected chi connectivity index (χ4v) is 1.77. The van der Waals surface area contributed by atoms with Crippen molar-refractivity contribution < 1.29 is 13.5 Å². The van der Waals surface area contributed by atoms with Crippen molar-refractivity contribution in [1.82, 2.24) is 5.32 Å². The van der Waals surface area contributed by atoms with Gasteiger partial charge in [0.25, 0.3) is 0 Å². The second-order valence-electron chi connectivity index (χ2n) is 3.76. The number of rotatable bonds is 6. The SMILES string of the molecule is CCCNC(N)=NCc1cc(Br)ccc1OC(F)F. The van der Waals surface area contributed by atoms with Crippen LogP contribution in [0.5, 0.6) is 5.75 Å². The van der Waals surface area contributed by atoms with E-state index in [1.807, 2.05) is 6.92 Å². The van der Waals surface area contributed by atoms with Crippen LogP contribution in [-0.4, -0.2) is 19.1 Å². The van der Waals surface area contributed by atoms with Gasteiger partial charge in [0, 0.05) is 16.6 Å². The van der Waals surface area contributed by atoms with Crippen LogP contribution in [0.2, 0.25) is 0 Å². The van der Waals surface area contributed by atoms with E-state index >= 15 is 0 Å². The third-order valence-corrected chi connectivity index (χ3v) is 2.71. The van der Waals surface area contributed by atoms with Gasteiger partial charge in [-0.15, -0.1) is 0 Å². The van der Waals surface area contributed by atoms with Gasteiger partial charge >= 0.3 is 6.61 Å². The molecule has 0 radical (unpaired) electrons. The molecule has 0 heterocycles. The molecule has 0 saturated heterocycles. The van der Waals surface area contributed by atoms with Gasteiger partial charge in [-0.1, -0.05) is 22.9 Å². The Morgan fingerprint density at radius 3 is 2.89 bits per heavy atom. The van der Waals surface area contributed by atoms with E-state index in [-0.39, 0.29) is 18.3 Å². The molecule has 1 aromatic carbocycles. The number of alkyl halides is 2. The van der Waals surface area contributed by atoms with E-state index in [9.17, 15) is 8.78 Å². The van der Waals surface area contributed by atoms with Gasteiger partial charge in [0.05, 0.1) is 6.54 Å². The zero-order chi connectivity index (χ0) is 14.3. The lowest BCUT2D eigenvalue weighted by Gasteiger charge is -2.10. The van der Waals surface area contributed by atoms with Gasteiger partial charge in [0.2, 0.25) is 0 Å². The molecule has 3 N–H and O–H groups in total. The van der Waals surface area contributed by atoms with Gasteiger partial charge in [-0.25, -0.2) is 4.99 Å². The van der Waals surface area contributed by atoms with E-state index in [2.05, 4.69) is 31.0 Å². The van der Waals surface area contributed by atoms with E-state index in [1.165, 1.54) is 6.07 Å². The van der Waals surface area contributed by atoms with Crippen LogP contribution in [-0.2, 0) is 6.54 Å². The highest BCUT2D eigenvalue weighted by Gasteiger charge is 2.09. The first-order chi connectivity index (χ1) is 9.02. The number of nitrogens with one attached hydrogen (secondary N) is 1. The van der Waals surface area contributed by atoms with E-state index in [1.54, 1.807) is 12.1 Å². The smallest absolute Gasteiger partial charge is 0.387 e. The molecular formula is C12H16BrF2N3O. The lowest BCUT2D eigenvalue weighted by atomic mass is 10.2. The average molecular weight is 336 g/mol. The normalized spacial score (nSPS) is 11.7. The number of aliphatic imine (C=N–C) groups is 1. The molecule has 4 nitrogen and oxygen atoms in total. The molecule has 0 atom stereocenters. The second kappa shape index (κ2) is 7.93. The van der Waals surface area contributed by atoms with Crippen LogP contribution in [0.4, 0.5) is 8.78 Å². The summed E-state index contributed by atoms with van der Waals surface area (Å²) < 4.78 is 29.7. The number of ether oxygens (including phenoxy) is 1. The Kier molecular flexibility index (Phi) is 6.55. The molecule has 7 heteroatoms. The lowest BCUT2D eigenvalue weighted by Crippen LogP contribution is -2.32. The first-order valence-electron chi connectivity index (χ1n) is 5.80. The van der Waals surface area contributed by atoms with Crippen LogP contribution in [0.25, 0.3) is 0 Å². The number of hydrogen-bond acceptors (Lipinski definition) is 2. The van der Waals surface area contributed by atoms with Crippen molar-refractivity contribution in [3.63, 3.8) is 0 Å². The molecule has 19 heavy (non-hydrogen) atoms. The van der Waals surface area contributed by atoms with Gasteiger partial charge in [0.15, 0.2) is 5.96 Å². The predicted octanol–water partition coefficient (Wildman–Crippen LogP) is 2.86. The van der Waals surface area contributed by atoms with Crippen molar-refractivity contribution in [2.45, 2.75) is 26.5 Å². The van der Waals surface area contributed by atoms with Gasteiger partial charge in [-0.3, -0.25) is 0 Å². The van der Waals surface area contributed by atoms with Crippen molar-refractivity contribution in [2.24, 2.45) is 10.7 Å². The summed E-state index contributed by atoms with van der Waals surface area (Å²) in [7, 11) is 0. The van der Waals surface area contributed by atoms with Crippen molar-refractivity contribution in [2.75, 3.05) is 6.54 Å². The summed E-state index contributed by atoms with van der Waals surface area (Å²) in [6, 6.07) is 4.77. The number of guanidine groups is 1. The highest BCUT2D eigenvalue weighted by atomic mass is 79.9. The lowest BCUT2D eigenvalue weighted by molar-refractivity contribution is -0.0504. The van der Waals surface area contributed by atoms with Crippen LogP contribution < -0.4 is 15.8 Å². The number of benzene rings is 1. The number of nitrogens with two attached hydrogens (primary N) is 1. The number of hydrogen-bond donors (Lipinski definition) is 2. The summed E-state index contributed by atoms with van der Waals surface area (Å²) in [5, 5.41) is 2.90. The topological polar surface area (TPSA) is 59.6 Å². The predicted molar refractivity (Wildman–Crippen MR) is 74.4 cm³/mol. The van der Waals surface area contributed by atoms with Crippen molar-refractivity contribution in [3.05, 3.63) is 28.2 Å². The summed E-state index contributed by atoms with van der Waals surface area (Å²) in [6.45, 7) is 0.0287. The summed E-state index contributed by atoms with van der Waals surface area (Å²) in [5.41, 5.74) is 6.17. The third kappa shape index (κ3) is 5.87. The first-order valence-corrected chi connectivity index (χ1v) is 6.59. The largest absolute Gasteiger partial charge is 0.434 e. The molecule has 0 aromatic heterocycles. The fourth-order valence-electron chi connectivity index (χ4n) is 1.36. The minimum atomic E-state index is -2.86. The molecule has 0 aliphatic carbocycles. The van der Waals surface area contributed by atoms with Crippen molar-refractivity contribution in [1.29, 1.82) is 0 Å². The molecule has 0 aliphatic rings. The first kappa shape index (κ1) is 15.7. The number of nitrogens with zero attached hydrogens (tertiary/aromatic N) is 1. The van der Waals surface area contributed by atoms with Crippen molar-refractivity contribution >= 4 is 21.9 Å². The van der Waals surface area contributed by atoms with Gasteiger partial charge in [-0.2, -0.15) is 8.78 Å². The maximum atomic E-state index is 12.3. The van der Waals surface area contributed by atoms with Crippen LogP contribution in [0.15, 0.2) is 27.7 Å². The quantitative estimate of drug-likeness (QED) is 0.620. The Morgan fingerprint density at radius 1 is 1.53 bits per heavy atom. The van der Waals surface area contributed by atoms with Gasteiger partial charge in [0.1, 0.15) is 5.75 Å². The summed E-state index contributed by atoms with van der Waals surface area (Å²) in [4.78, 5) is 4.08. The van der Waals surface area contributed by atoms with Gasteiger partial charge in [-0.05, 0) is 24.6 Å². The highest BCUT2D eigenvalue weighted by molar-refractivity contribution is 9.10. The Hall–Kier alpha value is -1.37. The van der Waals surface area contributed by atoms with E-state index in [0.29, 0.717) is 12.1 Å².